The van der Waals surface area contributed by atoms with Crippen molar-refractivity contribution < 1.29 is 4.79 Å². The van der Waals surface area contributed by atoms with E-state index in [1.165, 1.54) is 32.1 Å². The van der Waals surface area contributed by atoms with Crippen molar-refractivity contribution in [2.24, 2.45) is 4.99 Å². The number of likely N-dealkylation sites (tertiary alicyclic amines) is 1. The Morgan fingerprint density at radius 3 is 2.68 bits per heavy atom. The van der Waals surface area contributed by atoms with E-state index in [0.29, 0.717) is 12.1 Å². The molecular weight excluding hydrogens is 258 g/mol. The number of thioether (sulfide) groups is 1. The highest BCUT2D eigenvalue weighted by atomic mass is 32.2. The summed E-state index contributed by atoms with van der Waals surface area (Å²) in [7, 11) is 0. The number of aliphatic imine (C=N–C) groups is 1. The molecule has 1 amide bonds. The minimum Gasteiger partial charge on any atom is -0.359 e. The van der Waals surface area contributed by atoms with Crippen LogP contribution in [0, 0.1) is 0 Å². The molecule has 4 nitrogen and oxygen atoms in total. The third kappa shape index (κ3) is 3.07. The van der Waals surface area contributed by atoms with Crippen molar-refractivity contribution in [2.75, 3.05) is 25.4 Å². The second-order valence-electron chi connectivity index (χ2n) is 5.96. The van der Waals surface area contributed by atoms with Crippen molar-refractivity contribution in [3.8, 4) is 0 Å². The van der Waals surface area contributed by atoms with E-state index >= 15 is 0 Å². The molecule has 3 fully saturated rings. The Bertz CT molecular complexity index is 371. The van der Waals surface area contributed by atoms with Gasteiger partial charge in [0.15, 0.2) is 5.17 Å². The van der Waals surface area contributed by atoms with Gasteiger partial charge in [0.25, 0.3) is 0 Å². The Balaban J connectivity index is 1.51. The lowest BCUT2D eigenvalue weighted by Crippen LogP contribution is -2.41. The van der Waals surface area contributed by atoms with Crippen molar-refractivity contribution in [3.63, 3.8) is 0 Å². The van der Waals surface area contributed by atoms with Crippen LogP contribution >= 0.6 is 11.8 Å². The zero-order valence-corrected chi connectivity index (χ0v) is 12.3. The minimum absolute atomic E-state index is 0.196. The fourth-order valence-electron chi connectivity index (χ4n) is 3.29. The van der Waals surface area contributed by atoms with Crippen molar-refractivity contribution in [1.82, 2.24) is 10.2 Å². The van der Waals surface area contributed by atoms with Crippen molar-refractivity contribution >= 4 is 22.8 Å². The zero-order chi connectivity index (χ0) is 13.1. The first-order valence-corrected chi connectivity index (χ1v) is 8.49. The van der Waals surface area contributed by atoms with Crippen LogP contribution in [-0.2, 0) is 4.79 Å². The van der Waals surface area contributed by atoms with Gasteiger partial charge >= 0.3 is 0 Å². The fourth-order valence-corrected chi connectivity index (χ4v) is 4.51. The largest absolute Gasteiger partial charge is 0.359 e. The molecule has 3 rings (SSSR count). The van der Waals surface area contributed by atoms with Gasteiger partial charge in [-0.3, -0.25) is 9.79 Å². The Labute approximate surface area is 119 Å². The van der Waals surface area contributed by atoms with Gasteiger partial charge in [-0.05, 0) is 32.1 Å². The molecule has 0 bridgehead atoms. The number of amides is 1. The van der Waals surface area contributed by atoms with E-state index in [4.69, 9.17) is 0 Å². The molecule has 3 aliphatic rings. The monoisotopic (exact) mass is 281 g/mol. The Morgan fingerprint density at radius 2 is 1.95 bits per heavy atom. The smallest absolute Gasteiger partial charge is 0.244 e. The summed E-state index contributed by atoms with van der Waals surface area (Å²) >= 11 is 1.80. The lowest BCUT2D eigenvalue weighted by Gasteiger charge is -2.26. The first-order chi connectivity index (χ1) is 9.27. The quantitative estimate of drug-likeness (QED) is 0.842. The van der Waals surface area contributed by atoms with Crippen LogP contribution in [0.25, 0.3) is 0 Å². The number of piperidine rings is 1. The maximum absolute atomic E-state index is 12.0. The van der Waals surface area contributed by atoms with Crippen LogP contribution in [0.5, 0.6) is 0 Å². The van der Waals surface area contributed by atoms with Gasteiger partial charge in [-0.1, -0.05) is 24.6 Å². The summed E-state index contributed by atoms with van der Waals surface area (Å²) in [5.41, 5.74) is 0.303. The summed E-state index contributed by atoms with van der Waals surface area (Å²) in [5, 5.41) is 4.56. The molecule has 0 aromatic carbocycles. The van der Waals surface area contributed by atoms with E-state index in [2.05, 4.69) is 10.3 Å². The molecule has 0 unspecified atom stereocenters. The molecule has 5 heteroatoms. The van der Waals surface area contributed by atoms with Gasteiger partial charge in [0.2, 0.25) is 5.91 Å². The van der Waals surface area contributed by atoms with Gasteiger partial charge in [-0.2, -0.15) is 0 Å². The van der Waals surface area contributed by atoms with Crippen LogP contribution in [0.4, 0.5) is 0 Å². The minimum atomic E-state index is 0.196. The number of amidine groups is 1. The van der Waals surface area contributed by atoms with E-state index in [1.54, 1.807) is 11.8 Å². The highest BCUT2D eigenvalue weighted by Crippen LogP contribution is 2.37. The molecule has 1 aliphatic carbocycles. The first kappa shape index (κ1) is 13.3. The highest BCUT2D eigenvalue weighted by molar-refractivity contribution is 8.14. The average molecular weight is 281 g/mol. The van der Waals surface area contributed by atoms with Gasteiger partial charge < -0.3 is 10.2 Å². The maximum atomic E-state index is 12.0. The summed E-state index contributed by atoms with van der Waals surface area (Å²) in [4.78, 5) is 18.5. The maximum Gasteiger partial charge on any atom is 0.244 e. The van der Waals surface area contributed by atoms with E-state index in [9.17, 15) is 4.79 Å². The normalized spacial score (nSPS) is 28.0. The van der Waals surface area contributed by atoms with E-state index < -0.39 is 0 Å². The number of carbonyl (C=O) groups excluding carboxylic acids is 1. The van der Waals surface area contributed by atoms with Crippen molar-refractivity contribution in [2.45, 2.75) is 50.5 Å². The Hall–Kier alpha value is -0.710. The molecule has 2 aliphatic heterocycles. The summed E-state index contributed by atoms with van der Waals surface area (Å²) < 4.78 is 0. The van der Waals surface area contributed by atoms with E-state index in [-0.39, 0.29) is 5.91 Å². The second kappa shape index (κ2) is 5.73. The molecule has 106 valence electrons. The van der Waals surface area contributed by atoms with Crippen LogP contribution in [-0.4, -0.2) is 46.9 Å². The molecule has 2 saturated heterocycles. The summed E-state index contributed by atoms with van der Waals surface area (Å²) in [6.45, 7) is 2.17. The number of nitrogens with zero attached hydrogens (tertiary/aromatic N) is 2. The number of rotatable bonds is 2. The molecule has 19 heavy (non-hydrogen) atoms. The summed E-state index contributed by atoms with van der Waals surface area (Å²) in [6, 6.07) is 0. The molecule has 1 N–H and O–H groups in total. The molecule has 1 spiro atoms. The molecule has 2 heterocycles. The average Bonchev–Trinajstić information content (AvgIpc) is 3.08. The third-order valence-electron chi connectivity index (χ3n) is 4.48. The first-order valence-electron chi connectivity index (χ1n) is 7.51. The summed E-state index contributed by atoms with van der Waals surface area (Å²) in [6.07, 6.45) is 8.74. The number of hydrogen-bond acceptors (Lipinski definition) is 3. The van der Waals surface area contributed by atoms with Crippen LogP contribution in [0.3, 0.4) is 0 Å². The van der Waals surface area contributed by atoms with Gasteiger partial charge in [-0.15, -0.1) is 0 Å². The van der Waals surface area contributed by atoms with E-state index in [1.807, 2.05) is 4.90 Å². The van der Waals surface area contributed by atoms with Crippen molar-refractivity contribution in [1.29, 1.82) is 0 Å². The standard InChI is InChI=1S/C14H23N3OS/c18-12(17-8-4-1-5-9-17)10-15-13-16-14(11-19-13)6-2-3-7-14/h1-11H2,(H,15,16). The topological polar surface area (TPSA) is 44.7 Å². The summed E-state index contributed by atoms with van der Waals surface area (Å²) in [5.74, 6) is 1.32. The lowest BCUT2D eigenvalue weighted by molar-refractivity contribution is -0.130. The molecule has 0 atom stereocenters. The van der Waals surface area contributed by atoms with Gasteiger partial charge in [-0.25, -0.2) is 0 Å². The number of carbonyl (C=O) groups is 1. The van der Waals surface area contributed by atoms with Crippen LogP contribution in [0.15, 0.2) is 4.99 Å². The second-order valence-corrected chi connectivity index (χ2v) is 6.93. The molecule has 1 saturated carbocycles. The zero-order valence-electron chi connectivity index (χ0n) is 11.5. The molecule has 0 aromatic heterocycles. The Morgan fingerprint density at radius 1 is 1.21 bits per heavy atom. The van der Waals surface area contributed by atoms with Crippen LogP contribution < -0.4 is 5.32 Å². The van der Waals surface area contributed by atoms with Gasteiger partial charge in [0, 0.05) is 24.4 Å². The van der Waals surface area contributed by atoms with Gasteiger partial charge in [0.1, 0.15) is 6.54 Å². The third-order valence-corrected chi connectivity index (χ3v) is 5.69. The van der Waals surface area contributed by atoms with Crippen molar-refractivity contribution in [3.05, 3.63) is 0 Å². The molecular formula is C14H23N3OS. The van der Waals surface area contributed by atoms with Gasteiger partial charge in [0.05, 0.1) is 0 Å². The van der Waals surface area contributed by atoms with E-state index in [0.717, 1.165) is 36.9 Å². The fraction of sp³-hybridized carbons (Fsp3) is 0.857. The number of nitrogens with one attached hydrogen (secondary N) is 1. The van der Waals surface area contributed by atoms with Crippen LogP contribution in [0.1, 0.15) is 44.9 Å². The predicted molar refractivity (Wildman–Crippen MR) is 79.5 cm³/mol. The van der Waals surface area contributed by atoms with Crippen LogP contribution in [0.2, 0.25) is 0 Å². The predicted octanol–water partition coefficient (Wildman–Crippen LogP) is 2.00. The lowest BCUT2D eigenvalue weighted by atomic mass is 10.0. The molecule has 0 aromatic rings. The molecule has 0 radical (unpaired) electrons. The highest BCUT2D eigenvalue weighted by Gasteiger charge is 2.39. The SMILES string of the molecule is O=C(CN=C1NC2(CCCC2)CS1)N1CCCCC1. The Kier molecular flexibility index (Phi) is 4.01. The number of hydrogen-bond donors (Lipinski definition) is 1.